The molecule has 3 atom stereocenters. The Morgan fingerprint density at radius 3 is 2.70 bits per heavy atom. The predicted molar refractivity (Wildman–Crippen MR) is 133 cm³/mol. The van der Waals surface area contributed by atoms with Crippen LogP contribution in [-0.2, 0) is 11.3 Å². The lowest BCUT2D eigenvalue weighted by Gasteiger charge is -2.36. The lowest BCUT2D eigenvalue weighted by molar-refractivity contribution is 0.0616. The topological polar surface area (TPSA) is 101 Å². The van der Waals surface area contributed by atoms with Crippen LogP contribution in [0.15, 0.2) is 23.1 Å². The van der Waals surface area contributed by atoms with Gasteiger partial charge >= 0.3 is 0 Å². The molecule has 1 unspecified atom stereocenters. The van der Waals surface area contributed by atoms with Crippen LogP contribution in [0.5, 0.6) is 5.75 Å². The standard InChI is InChI=1S/C26H30ClF2N3O5/c1-3-37-8-4-7-31-12-17(10-16-9-14(16)2)32-13-18(23(33)24(34)22(32)26(31)36)25(35)30-11-15-5-6-19(28)20(27)21(15)29/h5-6,13-14,16-17,34H,3-4,7-12H2,1-2H3,(H,30,35)/t14-,16?,17-/m1/s1. The van der Waals surface area contributed by atoms with E-state index in [0.29, 0.717) is 44.6 Å². The van der Waals surface area contributed by atoms with Crippen LogP contribution in [0.3, 0.4) is 0 Å². The minimum atomic E-state index is -1.01. The van der Waals surface area contributed by atoms with E-state index < -0.39 is 39.6 Å². The summed E-state index contributed by atoms with van der Waals surface area (Å²) in [6.07, 6.45) is 3.69. The molecule has 8 nitrogen and oxygen atoms in total. The molecule has 2 N–H and O–H groups in total. The first-order valence-corrected chi connectivity index (χ1v) is 12.8. The van der Waals surface area contributed by atoms with Gasteiger partial charge in [0.1, 0.15) is 22.2 Å². The van der Waals surface area contributed by atoms with E-state index in [1.54, 1.807) is 4.90 Å². The zero-order chi connectivity index (χ0) is 26.9. The highest BCUT2D eigenvalue weighted by molar-refractivity contribution is 6.30. The van der Waals surface area contributed by atoms with E-state index in [2.05, 4.69) is 12.2 Å². The van der Waals surface area contributed by atoms with Crippen LogP contribution < -0.4 is 10.7 Å². The Bertz CT molecular complexity index is 1270. The van der Waals surface area contributed by atoms with E-state index in [4.69, 9.17) is 16.3 Å². The SMILES string of the molecule is CCOCCCN1C[C@@H](CC2C[C@H]2C)n2cc(C(=O)NCc3ccc(F)c(Cl)c3F)c(=O)c(O)c2C1=O. The van der Waals surface area contributed by atoms with E-state index >= 15 is 0 Å². The van der Waals surface area contributed by atoms with Crippen molar-refractivity contribution in [2.45, 2.75) is 45.7 Å². The summed E-state index contributed by atoms with van der Waals surface area (Å²) in [6.45, 7) is 5.52. The van der Waals surface area contributed by atoms with Crippen molar-refractivity contribution >= 4 is 23.4 Å². The van der Waals surface area contributed by atoms with Crippen molar-refractivity contribution in [3.8, 4) is 5.75 Å². The summed E-state index contributed by atoms with van der Waals surface area (Å²) in [5.74, 6) is -3.10. The number of fused-ring (bicyclic) bond motifs is 1. The van der Waals surface area contributed by atoms with Gasteiger partial charge in [0.2, 0.25) is 5.43 Å². The summed E-state index contributed by atoms with van der Waals surface area (Å²) in [7, 11) is 0. The molecule has 1 fully saturated rings. The molecular formula is C26H30ClF2N3O5. The number of pyridine rings is 1. The van der Waals surface area contributed by atoms with Gasteiger partial charge in [-0.25, -0.2) is 8.78 Å². The van der Waals surface area contributed by atoms with Gasteiger partial charge in [-0.05, 0) is 44.1 Å². The molecule has 1 aliphatic heterocycles. The monoisotopic (exact) mass is 537 g/mol. The molecule has 37 heavy (non-hydrogen) atoms. The molecule has 0 bridgehead atoms. The molecule has 2 amide bonds. The van der Waals surface area contributed by atoms with Crippen LogP contribution in [-0.4, -0.2) is 52.7 Å². The third-order valence-corrected chi connectivity index (χ3v) is 7.44. The Labute approximate surface area is 218 Å². The fourth-order valence-corrected chi connectivity index (χ4v) is 4.97. The summed E-state index contributed by atoms with van der Waals surface area (Å²) in [5, 5.41) is 12.5. The summed E-state index contributed by atoms with van der Waals surface area (Å²) in [6, 6.07) is 1.88. The molecule has 11 heteroatoms. The third-order valence-electron chi connectivity index (χ3n) is 7.10. The smallest absolute Gasteiger partial charge is 0.274 e. The van der Waals surface area contributed by atoms with Crippen molar-refractivity contribution in [3.05, 3.63) is 62.0 Å². The maximum absolute atomic E-state index is 14.2. The fraction of sp³-hybridized carbons (Fsp3) is 0.500. The van der Waals surface area contributed by atoms with Crippen LogP contribution in [0.2, 0.25) is 5.02 Å². The zero-order valence-corrected chi connectivity index (χ0v) is 21.5. The van der Waals surface area contributed by atoms with Crippen molar-refractivity contribution in [1.29, 1.82) is 0 Å². The highest BCUT2D eigenvalue weighted by Crippen LogP contribution is 2.45. The molecule has 200 valence electrons. The normalized spacial score (nSPS) is 20.6. The van der Waals surface area contributed by atoms with Crippen LogP contribution >= 0.6 is 11.6 Å². The van der Waals surface area contributed by atoms with Gasteiger partial charge in [-0.1, -0.05) is 24.6 Å². The van der Waals surface area contributed by atoms with E-state index in [0.717, 1.165) is 25.0 Å². The molecule has 4 rings (SSSR count). The molecule has 2 aliphatic rings. The highest BCUT2D eigenvalue weighted by Gasteiger charge is 2.40. The molecule has 1 aromatic carbocycles. The van der Waals surface area contributed by atoms with E-state index in [9.17, 15) is 28.3 Å². The average Bonchev–Trinajstić information content (AvgIpc) is 3.57. The quantitative estimate of drug-likeness (QED) is 0.354. The first-order chi connectivity index (χ1) is 17.6. The van der Waals surface area contributed by atoms with E-state index in [-0.39, 0.29) is 29.4 Å². The number of hydrogen-bond acceptors (Lipinski definition) is 5. The minimum Gasteiger partial charge on any atom is -0.503 e. The van der Waals surface area contributed by atoms with Gasteiger partial charge in [0.15, 0.2) is 11.4 Å². The number of nitrogens with zero attached hydrogens (tertiary/aromatic N) is 2. The Morgan fingerprint density at radius 1 is 1.30 bits per heavy atom. The molecule has 1 saturated carbocycles. The van der Waals surface area contributed by atoms with Crippen LogP contribution in [0.4, 0.5) is 8.78 Å². The fourth-order valence-electron chi connectivity index (χ4n) is 4.79. The molecule has 2 aromatic rings. The lowest BCUT2D eigenvalue weighted by atomic mass is 10.0. The van der Waals surface area contributed by atoms with Crippen LogP contribution in [0, 0.1) is 23.5 Å². The average molecular weight is 538 g/mol. The maximum Gasteiger partial charge on any atom is 0.274 e. The number of ether oxygens (including phenoxy) is 1. The summed E-state index contributed by atoms with van der Waals surface area (Å²) in [4.78, 5) is 40.7. The van der Waals surface area contributed by atoms with Gasteiger partial charge in [-0.15, -0.1) is 0 Å². The Balaban J connectivity index is 1.61. The molecule has 0 radical (unpaired) electrons. The van der Waals surface area contributed by atoms with Gasteiger partial charge in [0.05, 0.1) is 6.04 Å². The predicted octanol–water partition coefficient (Wildman–Crippen LogP) is 3.89. The van der Waals surface area contributed by atoms with Crippen molar-refractivity contribution in [2.24, 2.45) is 11.8 Å². The number of carbonyl (C=O) groups is 2. The number of benzene rings is 1. The van der Waals surface area contributed by atoms with Gasteiger partial charge in [-0.3, -0.25) is 14.4 Å². The van der Waals surface area contributed by atoms with Crippen molar-refractivity contribution < 1.29 is 28.2 Å². The number of aromatic hydroxyl groups is 1. The van der Waals surface area contributed by atoms with Gasteiger partial charge < -0.3 is 24.6 Å². The number of hydrogen-bond donors (Lipinski definition) is 2. The number of amides is 2. The maximum atomic E-state index is 14.2. The molecule has 2 heterocycles. The molecule has 0 spiro atoms. The first kappa shape index (κ1) is 27.1. The van der Waals surface area contributed by atoms with Crippen molar-refractivity contribution in [2.75, 3.05) is 26.3 Å². The first-order valence-electron chi connectivity index (χ1n) is 12.4. The van der Waals surface area contributed by atoms with Crippen molar-refractivity contribution in [1.82, 2.24) is 14.8 Å². The minimum absolute atomic E-state index is 0.0690. The zero-order valence-electron chi connectivity index (χ0n) is 20.7. The van der Waals surface area contributed by atoms with Crippen molar-refractivity contribution in [3.63, 3.8) is 0 Å². The number of halogens is 3. The third kappa shape index (κ3) is 5.65. The molecule has 0 saturated heterocycles. The second-order valence-corrected chi connectivity index (χ2v) is 10.0. The van der Waals surface area contributed by atoms with Crippen LogP contribution in [0.1, 0.15) is 65.6 Å². The van der Waals surface area contributed by atoms with E-state index in [1.165, 1.54) is 10.8 Å². The van der Waals surface area contributed by atoms with Crippen LogP contribution in [0.25, 0.3) is 0 Å². The summed E-state index contributed by atoms with van der Waals surface area (Å²) < 4.78 is 34.6. The lowest BCUT2D eigenvalue weighted by Crippen LogP contribution is -2.46. The number of aromatic nitrogens is 1. The van der Waals surface area contributed by atoms with E-state index in [1.807, 2.05) is 6.92 Å². The number of rotatable bonds is 10. The number of nitrogens with one attached hydrogen (secondary N) is 1. The summed E-state index contributed by atoms with van der Waals surface area (Å²) in [5.41, 5.74) is -1.58. The molecule has 1 aliphatic carbocycles. The Hall–Kier alpha value is -2.98. The number of carbonyl (C=O) groups excluding carboxylic acids is 2. The summed E-state index contributed by atoms with van der Waals surface area (Å²) >= 11 is 5.59. The van der Waals surface area contributed by atoms with Gasteiger partial charge in [0.25, 0.3) is 11.8 Å². The van der Waals surface area contributed by atoms with Gasteiger partial charge in [0, 0.05) is 44.6 Å². The Kier molecular flexibility index (Phi) is 8.18. The second-order valence-electron chi connectivity index (χ2n) is 9.66. The second kappa shape index (κ2) is 11.2. The largest absolute Gasteiger partial charge is 0.503 e. The van der Waals surface area contributed by atoms with Gasteiger partial charge in [-0.2, -0.15) is 0 Å². The molecule has 1 aromatic heterocycles. The highest BCUT2D eigenvalue weighted by atomic mass is 35.5. The molecular weight excluding hydrogens is 508 g/mol. The Morgan fingerprint density at radius 2 is 2.03 bits per heavy atom.